The average Bonchev–Trinajstić information content (AvgIpc) is 2.44. The summed E-state index contributed by atoms with van der Waals surface area (Å²) in [6, 6.07) is 11.9. The summed E-state index contributed by atoms with van der Waals surface area (Å²) in [5.41, 5.74) is 6.36. The van der Waals surface area contributed by atoms with Gasteiger partial charge in [0, 0.05) is 10.9 Å². The maximum absolute atomic E-state index is 13.4. The van der Waals surface area contributed by atoms with Gasteiger partial charge in [0.2, 0.25) is 0 Å². The lowest BCUT2D eigenvalue weighted by Gasteiger charge is -2.10. The number of ether oxygens (including phenoxy) is 2. The largest absolute Gasteiger partial charge is 0.491 e. The Bertz CT molecular complexity index is 578. The molecule has 0 aromatic heterocycles. The zero-order chi connectivity index (χ0) is 14.4. The lowest BCUT2D eigenvalue weighted by atomic mass is 10.3. The second-order valence-electron chi connectivity index (χ2n) is 4.16. The Morgan fingerprint density at radius 3 is 2.45 bits per heavy atom. The lowest BCUT2D eigenvalue weighted by Crippen LogP contribution is -2.06. The van der Waals surface area contributed by atoms with Crippen LogP contribution in [0.5, 0.6) is 11.5 Å². The van der Waals surface area contributed by atoms with Crippen LogP contribution in [0.4, 0.5) is 10.1 Å². The van der Waals surface area contributed by atoms with Crippen LogP contribution in [0.15, 0.2) is 46.9 Å². The summed E-state index contributed by atoms with van der Waals surface area (Å²) < 4.78 is 25.1. The summed E-state index contributed by atoms with van der Waals surface area (Å²) >= 11 is 3.27. The molecule has 106 valence electrons. The van der Waals surface area contributed by atoms with Crippen molar-refractivity contribution in [1.29, 1.82) is 0 Å². The van der Waals surface area contributed by atoms with E-state index in [0.717, 1.165) is 4.47 Å². The van der Waals surface area contributed by atoms with E-state index in [1.165, 1.54) is 6.07 Å². The smallest absolute Gasteiger partial charge is 0.165 e. The number of hydrogen-bond donors (Lipinski definition) is 1. The van der Waals surface area contributed by atoms with Crippen LogP contribution in [0.25, 0.3) is 0 Å². The second kappa shape index (κ2) is 7.14. The second-order valence-corrected chi connectivity index (χ2v) is 5.08. The summed E-state index contributed by atoms with van der Waals surface area (Å²) in [5, 5.41) is 0. The quantitative estimate of drug-likeness (QED) is 0.638. The van der Waals surface area contributed by atoms with Crippen LogP contribution in [0, 0.1) is 5.82 Å². The van der Waals surface area contributed by atoms with Gasteiger partial charge in [-0.2, -0.15) is 0 Å². The molecule has 0 fully saturated rings. The van der Waals surface area contributed by atoms with Gasteiger partial charge in [-0.1, -0.05) is 28.1 Å². The predicted molar refractivity (Wildman–Crippen MR) is 80.6 cm³/mol. The SMILES string of the molecule is Nc1ccccc1OCCCOc1cc(Br)ccc1F. The minimum Gasteiger partial charge on any atom is -0.491 e. The molecule has 2 aromatic rings. The van der Waals surface area contributed by atoms with Gasteiger partial charge in [-0.15, -0.1) is 0 Å². The minimum atomic E-state index is -0.374. The van der Waals surface area contributed by atoms with Crippen molar-refractivity contribution in [3.05, 3.63) is 52.8 Å². The molecule has 0 amide bonds. The highest BCUT2D eigenvalue weighted by Crippen LogP contribution is 2.22. The van der Waals surface area contributed by atoms with Crippen LogP contribution in [-0.2, 0) is 0 Å². The normalized spacial score (nSPS) is 10.3. The number of para-hydroxylation sites is 2. The van der Waals surface area contributed by atoms with E-state index in [9.17, 15) is 4.39 Å². The molecule has 0 bridgehead atoms. The first-order valence-corrected chi connectivity index (χ1v) is 7.01. The molecule has 0 spiro atoms. The Labute approximate surface area is 125 Å². The van der Waals surface area contributed by atoms with Gasteiger partial charge in [-0.3, -0.25) is 0 Å². The van der Waals surface area contributed by atoms with E-state index in [2.05, 4.69) is 15.9 Å². The number of nitrogens with two attached hydrogens (primary N) is 1. The molecule has 3 nitrogen and oxygen atoms in total. The third-order valence-electron chi connectivity index (χ3n) is 2.62. The van der Waals surface area contributed by atoms with Crippen molar-refractivity contribution in [3.8, 4) is 11.5 Å². The fraction of sp³-hybridized carbons (Fsp3) is 0.200. The van der Waals surface area contributed by atoms with Crippen molar-refractivity contribution in [2.75, 3.05) is 18.9 Å². The van der Waals surface area contributed by atoms with Crippen LogP contribution in [0.1, 0.15) is 6.42 Å². The minimum absolute atomic E-state index is 0.235. The zero-order valence-corrected chi connectivity index (χ0v) is 12.4. The first kappa shape index (κ1) is 14.7. The summed E-state index contributed by atoms with van der Waals surface area (Å²) in [6.45, 7) is 0.837. The fourth-order valence-corrected chi connectivity index (χ4v) is 1.96. The molecule has 0 atom stereocenters. The molecule has 0 saturated heterocycles. The van der Waals surface area contributed by atoms with E-state index in [1.807, 2.05) is 18.2 Å². The van der Waals surface area contributed by atoms with E-state index < -0.39 is 0 Å². The van der Waals surface area contributed by atoms with Gasteiger partial charge in [0.15, 0.2) is 11.6 Å². The topological polar surface area (TPSA) is 44.5 Å². The van der Waals surface area contributed by atoms with Crippen molar-refractivity contribution < 1.29 is 13.9 Å². The van der Waals surface area contributed by atoms with Gasteiger partial charge >= 0.3 is 0 Å². The van der Waals surface area contributed by atoms with E-state index >= 15 is 0 Å². The molecule has 20 heavy (non-hydrogen) atoms. The van der Waals surface area contributed by atoms with Gasteiger partial charge in [0.1, 0.15) is 5.75 Å². The summed E-state index contributed by atoms with van der Waals surface area (Å²) in [4.78, 5) is 0. The van der Waals surface area contributed by atoms with Gasteiger partial charge < -0.3 is 15.2 Å². The van der Waals surface area contributed by atoms with Crippen molar-refractivity contribution in [2.24, 2.45) is 0 Å². The van der Waals surface area contributed by atoms with E-state index in [4.69, 9.17) is 15.2 Å². The standard InChI is InChI=1S/C15H15BrFNO2/c16-11-6-7-12(17)15(10-11)20-9-3-8-19-14-5-2-1-4-13(14)18/h1-2,4-7,10H,3,8-9,18H2. The lowest BCUT2D eigenvalue weighted by molar-refractivity contribution is 0.242. The van der Waals surface area contributed by atoms with Crippen LogP contribution >= 0.6 is 15.9 Å². The molecular weight excluding hydrogens is 325 g/mol. The van der Waals surface area contributed by atoms with Gasteiger partial charge in [-0.05, 0) is 30.3 Å². The Hall–Kier alpha value is -1.75. The molecule has 0 aliphatic carbocycles. The van der Waals surface area contributed by atoms with Gasteiger partial charge in [-0.25, -0.2) is 4.39 Å². The van der Waals surface area contributed by atoms with Crippen molar-refractivity contribution >= 4 is 21.6 Å². The zero-order valence-electron chi connectivity index (χ0n) is 10.8. The van der Waals surface area contributed by atoms with Crippen molar-refractivity contribution in [2.45, 2.75) is 6.42 Å². The highest BCUT2D eigenvalue weighted by molar-refractivity contribution is 9.10. The van der Waals surface area contributed by atoms with Gasteiger partial charge in [0.05, 0.1) is 18.9 Å². The van der Waals surface area contributed by atoms with Crippen molar-refractivity contribution in [3.63, 3.8) is 0 Å². The summed E-state index contributed by atoms with van der Waals surface area (Å²) in [5.74, 6) is 0.515. The van der Waals surface area contributed by atoms with Crippen molar-refractivity contribution in [1.82, 2.24) is 0 Å². The molecule has 5 heteroatoms. The van der Waals surface area contributed by atoms with E-state index in [0.29, 0.717) is 31.1 Å². The number of hydrogen-bond acceptors (Lipinski definition) is 3. The number of halogens is 2. The van der Waals surface area contributed by atoms with Gasteiger partial charge in [0.25, 0.3) is 0 Å². The number of anilines is 1. The maximum Gasteiger partial charge on any atom is 0.165 e. The van der Waals surface area contributed by atoms with Crippen LogP contribution in [-0.4, -0.2) is 13.2 Å². The van der Waals surface area contributed by atoms with Crippen LogP contribution in [0.3, 0.4) is 0 Å². The maximum atomic E-state index is 13.4. The average molecular weight is 340 g/mol. The molecular formula is C15H15BrFNO2. The third kappa shape index (κ3) is 4.13. The highest BCUT2D eigenvalue weighted by atomic mass is 79.9. The van der Waals surface area contributed by atoms with Crippen LogP contribution in [0.2, 0.25) is 0 Å². The Morgan fingerprint density at radius 2 is 1.70 bits per heavy atom. The first-order valence-electron chi connectivity index (χ1n) is 6.22. The number of nitrogen functional groups attached to an aromatic ring is 1. The molecule has 0 aliphatic rings. The third-order valence-corrected chi connectivity index (χ3v) is 3.11. The fourth-order valence-electron chi connectivity index (χ4n) is 1.62. The molecule has 2 aromatic carbocycles. The molecule has 0 unspecified atom stereocenters. The molecule has 0 radical (unpaired) electrons. The van der Waals surface area contributed by atoms with E-state index in [-0.39, 0.29) is 11.6 Å². The molecule has 2 N–H and O–H groups in total. The Balaban J connectivity index is 1.74. The first-order chi connectivity index (χ1) is 9.66. The molecule has 0 heterocycles. The van der Waals surface area contributed by atoms with E-state index in [1.54, 1.807) is 18.2 Å². The molecule has 0 aliphatic heterocycles. The predicted octanol–water partition coefficient (Wildman–Crippen LogP) is 4.02. The monoisotopic (exact) mass is 339 g/mol. The highest BCUT2D eigenvalue weighted by Gasteiger charge is 2.04. The number of rotatable bonds is 6. The molecule has 2 rings (SSSR count). The Morgan fingerprint density at radius 1 is 1.00 bits per heavy atom. The summed E-state index contributed by atoms with van der Waals surface area (Å²) in [6.07, 6.45) is 0.639. The molecule has 0 saturated carbocycles. The Kier molecular flexibility index (Phi) is 5.24. The number of benzene rings is 2. The summed E-state index contributed by atoms with van der Waals surface area (Å²) in [7, 11) is 0. The van der Waals surface area contributed by atoms with Crippen LogP contribution < -0.4 is 15.2 Å².